The first-order valence-electron chi connectivity index (χ1n) is 13.2. The maximum absolute atomic E-state index is 13.5. The topological polar surface area (TPSA) is 141 Å². The van der Waals surface area contributed by atoms with E-state index in [9.17, 15) is 14.4 Å². The summed E-state index contributed by atoms with van der Waals surface area (Å²) in [5.74, 6) is 0.0869. The highest BCUT2D eigenvalue weighted by Crippen LogP contribution is 2.43. The summed E-state index contributed by atoms with van der Waals surface area (Å²) in [6.07, 6.45) is 2.18. The standard InChI is InChI=1S/C30H33N5O5/c1-29(2,3)40-28(38)34-30(15-8-16-30)20-13-11-19(12-14-20)24-22(18-9-6-5-7-10-18)23-25(39-24)33-27(32-17-21(31)36)35(4)26(23)37/h5-7,9-14H,8,15-17H2,1-4H3,(H2,31,36)(H,32,33)(H,34,38). The number of carbonyl (C=O) groups is 2. The van der Waals surface area contributed by atoms with Crippen molar-refractivity contribution in [2.45, 2.75) is 51.2 Å². The fraction of sp³-hybridized carbons (Fsp3) is 0.333. The van der Waals surface area contributed by atoms with Crippen LogP contribution in [0.1, 0.15) is 45.6 Å². The van der Waals surface area contributed by atoms with Crippen molar-refractivity contribution in [3.63, 3.8) is 0 Å². The van der Waals surface area contributed by atoms with E-state index in [4.69, 9.17) is 14.9 Å². The fourth-order valence-electron chi connectivity index (χ4n) is 4.99. The highest BCUT2D eigenvalue weighted by atomic mass is 16.6. The first kappa shape index (κ1) is 27.0. The molecule has 4 aromatic rings. The number of nitrogens with one attached hydrogen (secondary N) is 2. The molecule has 2 heterocycles. The molecule has 0 atom stereocenters. The summed E-state index contributed by atoms with van der Waals surface area (Å²) >= 11 is 0. The first-order valence-corrected chi connectivity index (χ1v) is 13.2. The average Bonchev–Trinajstić information content (AvgIpc) is 3.26. The smallest absolute Gasteiger partial charge is 0.408 e. The van der Waals surface area contributed by atoms with Crippen LogP contribution in [0.3, 0.4) is 0 Å². The van der Waals surface area contributed by atoms with Crippen molar-refractivity contribution in [2.24, 2.45) is 12.8 Å². The first-order chi connectivity index (χ1) is 19.0. The minimum absolute atomic E-state index is 0.148. The number of benzene rings is 2. The van der Waals surface area contributed by atoms with Gasteiger partial charge in [-0.05, 0) is 51.2 Å². The molecule has 10 nitrogen and oxygen atoms in total. The second-order valence-corrected chi connectivity index (χ2v) is 11.1. The second kappa shape index (κ2) is 10.2. The van der Waals surface area contributed by atoms with Gasteiger partial charge in [-0.25, -0.2) is 4.79 Å². The summed E-state index contributed by atoms with van der Waals surface area (Å²) in [6, 6.07) is 17.3. The summed E-state index contributed by atoms with van der Waals surface area (Å²) in [6.45, 7) is 5.34. The third-order valence-corrected chi connectivity index (χ3v) is 7.06. The molecular formula is C30H33N5O5. The molecule has 1 aliphatic rings. The highest BCUT2D eigenvalue weighted by molar-refractivity contribution is 6.00. The number of furan rings is 1. The van der Waals surface area contributed by atoms with Gasteiger partial charge >= 0.3 is 6.09 Å². The van der Waals surface area contributed by atoms with Crippen molar-refractivity contribution in [1.82, 2.24) is 14.9 Å². The molecule has 0 saturated heterocycles. The normalized spacial score (nSPS) is 14.4. The highest BCUT2D eigenvalue weighted by Gasteiger charge is 2.41. The minimum atomic E-state index is -0.589. The van der Waals surface area contributed by atoms with Gasteiger partial charge in [-0.1, -0.05) is 54.6 Å². The van der Waals surface area contributed by atoms with Crippen LogP contribution in [0.2, 0.25) is 0 Å². The van der Waals surface area contributed by atoms with Gasteiger partial charge in [0.15, 0.2) is 0 Å². The van der Waals surface area contributed by atoms with E-state index in [1.54, 1.807) is 7.05 Å². The van der Waals surface area contributed by atoms with Crippen molar-refractivity contribution in [3.05, 3.63) is 70.5 Å². The minimum Gasteiger partial charge on any atom is -0.444 e. The van der Waals surface area contributed by atoms with Gasteiger partial charge in [-0.15, -0.1) is 0 Å². The van der Waals surface area contributed by atoms with Crippen LogP contribution in [0.5, 0.6) is 0 Å². The molecule has 4 N–H and O–H groups in total. The zero-order valence-electron chi connectivity index (χ0n) is 23.0. The Hall–Kier alpha value is -4.60. The molecule has 2 amide bonds. The molecule has 0 spiro atoms. The molecular weight excluding hydrogens is 510 g/mol. The predicted molar refractivity (Wildman–Crippen MR) is 153 cm³/mol. The van der Waals surface area contributed by atoms with Gasteiger partial charge in [-0.2, -0.15) is 4.98 Å². The Morgan fingerprint density at radius 3 is 2.33 bits per heavy atom. The third-order valence-electron chi connectivity index (χ3n) is 7.06. The molecule has 0 unspecified atom stereocenters. The number of alkyl carbamates (subject to hydrolysis) is 1. The number of hydrogen-bond donors (Lipinski definition) is 3. The number of primary amides is 1. The summed E-state index contributed by atoms with van der Waals surface area (Å²) in [7, 11) is 1.57. The van der Waals surface area contributed by atoms with Crippen LogP contribution in [0.25, 0.3) is 33.6 Å². The molecule has 1 aliphatic carbocycles. The summed E-state index contributed by atoms with van der Waals surface area (Å²) < 4.78 is 13.1. The third kappa shape index (κ3) is 5.16. The van der Waals surface area contributed by atoms with Crippen molar-refractivity contribution in [3.8, 4) is 22.5 Å². The number of nitrogens with zero attached hydrogens (tertiary/aromatic N) is 2. The lowest BCUT2D eigenvalue weighted by molar-refractivity contribution is -0.116. The van der Waals surface area contributed by atoms with Gasteiger partial charge in [0, 0.05) is 18.2 Å². The molecule has 1 fully saturated rings. The molecule has 2 aromatic carbocycles. The van der Waals surface area contributed by atoms with E-state index in [0.717, 1.165) is 36.0 Å². The molecule has 5 rings (SSSR count). The van der Waals surface area contributed by atoms with Gasteiger partial charge in [0.05, 0.1) is 12.1 Å². The molecule has 40 heavy (non-hydrogen) atoms. The molecule has 0 radical (unpaired) electrons. The number of rotatable bonds is 7. The van der Waals surface area contributed by atoms with E-state index in [0.29, 0.717) is 16.7 Å². The van der Waals surface area contributed by atoms with Gasteiger partial charge in [-0.3, -0.25) is 14.2 Å². The summed E-state index contributed by atoms with van der Waals surface area (Å²) in [5, 5.41) is 6.21. The van der Waals surface area contributed by atoms with Gasteiger partial charge in [0.25, 0.3) is 5.56 Å². The van der Waals surface area contributed by atoms with Crippen molar-refractivity contribution in [1.29, 1.82) is 0 Å². The lowest BCUT2D eigenvalue weighted by Gasteiger charge is -2.43. The van der Waals surface area contributed by atoms with Crippen LogP contribution in [-0.2, 0) is 22.1 Å². The molecule has 1 saturated carbocycles. The Balaban J connectivity index is 1.57. The summed E-state index contributed by atoms with van der Waals surface area (Å²) in [4.78, 5) is 41.9. The predicted octanol–water partition coefficient (Wildman–Crippen LogP) is 4.66. The molecule has 2 aromatic heterocycles. The lowest BCUT2D eigenvalue weighted by Crippen LogP contribution is -2.52. The van der Waals surface area contributed by atoms with Crippen molar-refractivity contribution >= 4 is 29.0 Å². The number of ether oxygens (including phenoxy) is 1. The van der Waals surface area contributed by atoms with Gasteiger partial charge in [0.2, 0.25) is 17.6 Å². The lowest BCUT2D eigenvalue weighted by atomic mass is 9.71. The number of fused-ring (bicyclic) bond motifs is 1. The Labute approximate surface area is 231 Å². The fourth-order valence-corrected chi connectivity index (χ4v) is 4.99. The number of nitrogens with two attached hydrogens (primary N) is 1. The Bertz CT molecular complexity index is 1630. The SMILES string of the molecule is Cn1c(NCC(N)=O)nc2oc(-c3ccc(C4(NC(=O)OC(C)(C)C)CCC4)cc3)c(-c3ccccc3)c2c1=O. The number of carbonyl (C=O) groups excluding carboxylic acids is 2. The van der Waals surface area contributed by atoms with Crippen LogP contribution in [0.4, 0.5) is 10.7 Å². The van der Waals surface area contributed by atoms with Gasteiger partial charge in [0.1, 0.15) is 16.7 Å². The largest absolute Gasteiger partial charge is 0.444 e. The second-order valence-electron chi connectivity index (χ2n) is 11.1. The van der Waals surface area contributed by atoms with Crippen LogP contribution >= 0.6 is 0 Å². The van der Waals surface area contributed by atoms with Crippen LogP contribution in [0.15, 0.2) is 63.8 Å². The Morgan fingerprint density at radius 2 is 1.75 bits per heavy atom. The quantitative estimate of drug-likeness (QED) is 0.308. The van der Waals surface area contributed by atoms with Crippen LogP contribution < -0.4 is 21.9 Å². The average molecular weight is 544 g/mol. The van der Waals surface area contributed by atoms with E-state index in [-0.39, 0.29) is 23.8 Å². The molecule has 10 heteroatoms. The number of hydrogen-bond acceptors (Lipinski definition) is 7. The number of anilines is 1. The van der Waals surface area contributed by atoms with E-state index in [1.165, 1.54) is 4.57 Å². The van der Waals surface area contributed by atoms with E-state index >= 15 is 0 Å². The monoisotopic (exact) mass is 543 g/mol. The molecule has 208 valence electrons. The molecule has 0 bridgehead atoms. The number of aromatic nitrogens is 2. The number of amides is 2. The van der Waals surface area contributed by atoms with E-state index < -0.39 is 23.1 Å². The van der Waals surface area contributed by atoms with Crippen LogP contribution in [-0.4, -0.2) is 33.7 Å². The van der Waals surface area contributed by atoms with Gasteiger partial charge < -0.3 is 25.5 Å². The van der Waals surface area contributed by atoms with E-state index in [1.807, 2.05) is 75.4 Å². The van der Waals surface area contributed by atoms with Crippen molar-refractivity contribution < 1.29 is 18.7 Å². The Morgan fingerprint density at radius 1 is 1.07 bits per heavy atom. The van der Waals surface area contributed by atoms with Crippen LogP contribution in [0, 0.1) is 0 Å². The van der Waals surface area contributed by atoms with Crippen molar-refractivity contribution in [2.75, 3.05) is 11.9 Å². The van der Waals surface area contributed by atoms with E-state index in [2.05, 4.69) is 15.6 Å². The maximum atomic E-state index is 13.5. The zero-order chi connectivity index (χ0) is 28.7. The summed E-state index contributed by atoms with van der Waals surface area (Å²) in [5.41, 5.74) is 7.16. The Kier molecular flexibility index (Phi) is 6.87. The molecule has 0 aliphatic heterocycles. The zero-order valence-corrected chi connectivity index (χ0v) is 23.0. The maximum Gasteiger partial charge on any atom is 0.408 e.